The maximum atomic E-state index is 12.6. The Morgan fingerprint density at radius 2 is 1.97 bits per heavy atom. The monoisotopic (exact) mass is 488 g/mol. The van der Waals surface area contributed by atoms with Crippen molar-refractivity contribution in [2.24, 2.45) is 0 Å². The molecule has 10 heteroatoms. The van der Waals surface area contributed by atoms with Crippen LogP contribution in [0.4, 0.5) is 5.69 Å². The standard InChI is InChI=1S/C22H21ClN4O3S2/c1-4-27-21(14-11-31-19-8-6-5-7-13(14)19)25-26-22(27)32-12-20(28)24-16-10-17(29-2)15(23)9-18(16)30-3/h5-11H,4,12H2,1-3H3,(H,24,28). The van der Waals surface area contributed by atoms with E-state index in [0.717, 1.165) is 16.8 Å². The van der Waals surface area contributed by atoms with E-state index in [1.807, 2.05) is 23.6 Å². The van der Waals surface area contributed by atoms with Crippen LogP contribution in [0.1, 0.15) is 6.92 Å². The summed E-state index contributed by atoms with van der Waals surface area (Å²) in [6.07, 6.45) is 0. The summed E-state index contributed by atoms with van der Waals surface area (Å²) in [5, 5.41) is 15.9. The number of rotatable bonds is 8. The highest BCUT2D eigenvalue weighted by Gasteiger charge is 2.18. The first kappa shape index (κ1) is 22.4. The molecule has 166 valence electrons. The Kier molecular flexibility index (Phi) is 6.88. The zero-order valence-corrected chi connectivity index (χ0v) is 20.1. The van der Waals surface area contributed by atoms with Gasteiger partial charge in [-0.1, -0.05) is 41.6 Å². The molecular weight excluding hydrogens is 468 g/mol. The maximum Gasteiger partial charge on any atom is 0.234 e. The lowest BCUT2D eigenvalue weighted by atomic mass is 10.1. The summed E-state index contributed by atoms with van der Waals surface area (Å²) in [5.74, 6) is 1.67. The number of carbonyl (C=O) groups is 1. The summed E-state index contributed by atoms with van der Waals surface area (Å²) >= 11 is 9.15. The minimum atomic E-state index is -0.203. The van der Waals surface area contributed by atoms with Crippen LogP contribution >= 0.6 is 34.7 Å². The van der Waals surface area contributed by atoms with E-state index in [2.05, 4.69) is 33.0 Å². The Hall–Kier alpha value is -2.75. The number of benzene rings is 2. The Morgan fingerprint density at radius 3 is 2.72 bits per heavy atom. The second-order valence-corrected chi connectivity index (χ2v) is 8.98. The average molecular weight is 489 g/mol. The lowest BCUT2D eigenvalue weighted by Crippen LogP contribution is -2.15. The number of carbonyl (C=O) groups excluding carboxylic acids is 1. The number of aromatic nitrogens is 3. The number of methoxy groups -OCH3 is 2. The Bertz CT molecular complexity index is 1270. The zero-order chi connectivity index (χ0) is 22.7. The minimum Gasteiger partial charge on any atom is -0.495 e. The van der Waals surface area contributed by atoms with Crippen molar-refractivity contribution in [2.75, 3.05) is 25.3 Å². The van der Waals surface area contributed by atoms with Crippen LogP contribution < -0.4 is 14.8 Å². The summed E-state index contributed by atoms with van der Waals surface area (Å²) in [4.78, 5) is 12.6. The van der Waals surface area contributed by atoms with Gasteiger partial charge in [-0.05, 0) is 13.0 Å². The van der Waals surface area contributed by atoms with Crippen LogP contribution in [0, 0.1) is 0 Å². The summed E-state index contributed by atoms with van der Waals surface area (Å²) < 4.78 is 13.8. The van der Waals surface area contributed by atoms with Crippen molar-refractivity contribution < 1.29 is 14.3 Å². The van der Waals surface area contributed by atoms with E-state index in [0.29, 0.717) is 33.9 Å². The van der Waals surface area contributed by atoms with Crippen LogP contribution in [0.5, 0.6) is 11.5 Å². The van der Waals surface area contributed by atoms with Crippen LogP contribution in [0.3, 0.4) is 0 Å². The summed E-state index contributed by atoms with van der Waals surface area (Å²) in [6, 6.07) is 11.5. The number of hydrogen-bond donors (Lipinski definition) is 1. The van der Waals surface area contributed by atoms with Crippen LogP contribution in [0.15, 0.2) is 46.9 Å². The smallest absolute Gasteiger partial charge is 0.234 e. The van der Waals surface area contributed by atoms with Gasteiger partial charge in [-0.25, -0.2) is 0 Å². The van der Waals surface area contributed by atoms with E-state index >= 15 is 0 Å². The predicted molar refractivity (Wildman–Crippen MR) is 130 cm³/mol. The van der Waals surface area contributed by atoms with Gasteiger partial charge < -0.3 is 19.4 Å². The summed E-state index contributed by atoms with van der Waals surface area (Å²) in [5.41, 5.74) is 1.54. The van der Waals surface area contributed by atoms with Gasteiger partial charge in [0.15, 0.2) is 11.0 Å². The molecule has 0 saturated carbocycles. The SMILES string of the molecule is CCn1c(SCC(=O)Nc2cc(OC)c(Cl)cc2OC)nnc1-c1csc2ccccc12. The van der Waals surface area contributed by atoms with Crippen molar-refractivity contribution in [1.82, 2.24) is 14.8 Å². The van der Waals surface area contributed by atoms with Crippen molar-refractivity contribution in [2.45, 2.75) is 18.6 Å². The minimum absolute atomic E-state index is 0.163. The largest absolute Gasteiger partial charge is 0.495 e. The van der Waals surface area contributed by atoms with Gasteiger partial charge in [-0.3, -0.25) is 4.79 Å². The van der Waals surface area contributed by atoms with Gasteiger partial charge in [0, 0.05) is 39.7 Å². The molecule has 2 heterocycles. The van der Waals surface area contributed by atoms with E-state index in [4.69, 9.17) is 21.1 Å². The van der Waals surface area contributed by atoms with Gasteiger partial charge in [0.2, 0.25) is 5.91 Å². The quantitative estimate of drug-likeness (QED) is 0.326. The molecule has 0 aliphatic heterocycles. The number of thioether (sulfide) groups is 1. The Balaban J connectivity index is 1.51. The molecule has 0 spiro atoms. The highest BCUT2D eigenvalue weighted by Crippen LogP contribution is 2.37. The van der Waals surface area contributed by atoms with E-state index in [1.165, 1.54) is 30.7 Å². The normalized spacial score (nSPS) is 11.0. The fraction of sp³-hybridized carbons (Fsp3) is 0.227. The third-order valence-electron chi connectivity index (χ3n) is 4.84. The molecule has 2 aromatic carbocycles. The van der Waals surface area contributed by atoms with Gasteiger partial charge in [0.05, 0.1) is 30.7 Å². The molecular formula is C22H21ClN4O3S2. The molecule has 0 fully saturated rings. The number of nitrogens with one attached hydrogen (secondary N) is 1. The van der Waals surface area contributed by atoms with E-state index in [-0.39, 0.29) is 11.7 Å². The number of anilines is 1. The molecule has 0 bridgehead atoms. The summed E-state index contributed by atoms with van der Waals surface area (Å²) in [7, 11) is 3.03. The number of amides is 1. The molecule has 4 aromatic rings. The lowest BCUT2D eigenvalue weighted by molar-refractivity contribution is -0.113. The first-order chi connectivity index (χ1) is 15.5. The van der Waals surface area contributed by atoms with Crippen molar-refractivity contribution in [1.29, 1.82) is 0 Å². The molecule has 0 radical (unpaired) electrons. The van der Waals surface area contributed by atoms with Gasteiger partial charge in [-0.15, -0.1) is 21.5 Å². The second kappa shape index (κ2) is 9.81. The van der Waals surface area contributed by atoms with Gasteiger partial charge in [0.25, 0.3) is 0 Å². The van der Waals surface area contributed by atoms with Crippen molar-refractivity contribution in [3.8, 4) is 22.9 Å². The summed E-state index contributed by atoms with van der Waals surface area (Å²) in [6.45, 7) is 2.73. The fourth-order valence-corrected chi connectivity index (χ4v) is 5.28. The second-order valence-electron chi connectivity index (χ2n) is 6.72. The van der Waals surface area contributed by atoms with Gasteiger partial charge >= 0.3 is 0 Å². The average Bonchev–Trinajstić information content (AvgIpc) is 3.41. The number of fused-ring (bicyclic) bond motifs is 1. The molecule has 1 N–H and O–H groups in total. The van der Waals surface area contributed by atoms with Crippen molar-refractivity contribution in [3.05, 3.63) is 46.8 Å². The molecule has 0 atom stereocenters. The van der Waals surface area contributed by atoms with E-state index in [9.17, 15) is 4.79 Å². The molecule has 0 aliphatic rings. The van der Waals surface area contributed by atoms with Crippen LogP contribution in [0.2, 0.25) is 5.02 Å². The molecule has 0 unspecified atom stereocenters. The number of halogens is 1. The highest BCUT2D eigenvalue weighted by atomic mass is 35.5. The lowest BCUT2D eigenvalue weighted by Gasteiger charge is -2.13. The molecule has 0 saturated heterocycles. The number of thiophene rings is 1. The molecule has 1 amide bonds. The van der Waals surface area contributed by atoms with Gasteiger partial charge in [-0.2, -0.15) is 0 Å². The van der Waals surface area contributed by atoms with Crippen molar-refractivity contribution in [3.63, 3.8) is 0 Å². The van der Waals surface area contributed by atoms with Crippen LogP contribution in [-0.2, 0) is 11.3 Å². The number of nitrogens with zero attached hydrogens (tertiary/aromatic N) is 3. The van der Waals surface area contributed by atoms with Gasteiger partial charge in [0.1, 0.15) is 11.5 Å². The molecule has 4 rings (SSSR count). The molecule has 0 aliphatic carbocycles. The molecule has 7 nitrogen and oxygen atoms in total. The topological polar surface area (TPSA) is 78.3 Å². The van der Waals surface area contributed by atoms with E-state index < -0.39 is 0 Å². The first-order valence-corrected chi connectivity index (χ1v) is 12.0. The van der Waals surface area contributed by atoms with Crippen LogP contribution in [-0.4, -0.2) is 40.6 Å². The molecule has 2 aromatic heterocycles. The Morgan fingerprint density at radius 1 is 1.19 bits per heavy atom. The zero-order valence-electron chi connectivity index (χ0n) is 17.7. The maximum absolute atomic E-state index is 12.6. The number of ether oxygens (including phenoxy) is 2. The number of hydrogen-bond acceptors (Lipinski definition) is 7. The van der Waals surface area contributed by atoms with Crippen LogP contribution in [0.25, 0.3) is 21.5 Å². The van der Waals surface area contributed by atoms with Crippen molar-refractivity contribution >= 4 is 56.4 Å². The fourth-order valence-electron chi connectivity index (χ4n) is 3.31. The third-order valence-corrected chi connectivity index (χ3v) is 7.06. The third kappa shape index (κ3) is 4.41. The predicted octanol–water partition coefficient (Wildman–Crippen LogP) is 5.58. The first-order valence-electron chi connectivity index (χ1n) is 9.79. The highest BCUT2D eigenvalue weighted by molar-refractivity contribution is 7.99. The molecule has 32 heavy (non-hydrogen) atoms. The van der Waals surface area contributed by atoms with E-state index in [1.54, 1.807) is 23.5 Å². The Labute approximate surface area is 198 Å².